The van der Waals surface area contributed by atoms with E-state index in [1.54, 1.807) is 21.3 Å². The fraction of sp³-hybridized carbons (Fsp3) is 0.348. The maximum atomic E-state index is 11.9. The molecule has 3 aromatic carbocycles. The number of methoxy groups -OCH3 is 3. The minimum Gasteiger partial charge on any atom is -0.497 e. The zero-order valence-electron chi connectivity index (χ0n) is 17.3. The normalized spacial score (nSPS) is 16.9. The third kappa shape index (κ3) is 3.46. The van der Waals surface area contributed by atoms with Crippen LogP contribution in [0.1, 0.15) is 18.4 Å². The number of rotatable bonds is 6. The molecule has 1 heterocycles. The molecule has 0 saturated carbocycles. The zero-order valence-corrected chi connectivity index (χ0v) is 18.9. The molecule has 0 bridgehead atoms. The van der Waals surface area contributed by atoms with Crippen LogP contribution in [0.5, 0.6) is 17.2 Å². The van der Waals surface area contributed by atoms with Crippen molar-refractivity contribution in [2.45, 2.75) is 25.4 Å². The molecular formula is C23H25BrN2O4. The Kier molecular flexibility index (Phi) is 5.75. The molecule has 4 rings (SSSR count). The summed E-state index contributed by atoms with van der Waals surface area (Å²) in [7, 11) is 4.92. The van der Waals surface area contributed by atoms with Crippen molar-refractivity contribution < 1.29 is 19.0 Å². The Labute approximate surface area is 184 Å². The quantitative estimate of drug-likeness (QED) is 0.543. The lowest BCUT2D eigenvalue weighted by molar-refractivity contribution is -0.122. The van der Waals surface area contributed by atoms with Crippen LogP contribution in [0.2, 0.25) is 0 Å². The second-order valence-electron chi connectivity index (χ2n) is 7.49. The van der Waals surface area contributed by atoms with Crippen LogP contribution in [0, 0.1) is 0 Å². The van der Waals surface area contributed by atoms with Crippen LogP contribution in [-0.2, 0) is 11.3 Å². The lowest BCUT2D eigenvalue weighted by Crippen LogP contribution is -2.39. The molecule has 1 amide bonds. The van der Waals surface area contributed by atoms with E-state index in [0.717, 1.165) is 56.7 Å². The number of ether oxygens (including phenoxy) is 3. The predicted octanol–water partition coefficient (Wildman–Crippen LogP) is 4.23. The third-order valence-corrected chi connectivity index (χ3v) is 6.83. The van der Waals surface area contributed by atoms with E-state index in [4.69, 9.17) is 19.9 Å². The molecule has 7 heteroatoms. The Hall–Kier alpha value is -2.51. The van der Waals surface area contributed by atoms with Crippen molar-refractivity contribution in [3.8, 4) is 17.2 Å². The monoisotopic (exact) mass is 472 g/mol. The Balaban J connectivity index is 1.98. The van der Waals surface area contributed by atoms with E-state index in [1.165, 1.54) is 0 Å². The number of halogens is 1. The van der Waals surface area contributed by atoms with Gasteiger partial charge in [0.2, 0.25) is 5.91 Å². The fourth-order valence-corrected chi connectivity index (χ4v) is 5.06. The van der Waals surface area contributed by atoms with Gasteiger partial charge in [0.05, 0.1) is 27.4 Å². The summed E-state index contributed by atoms with van der Waals surface area (Å²) >= 11 is 3.84. The maximum Gasteiger partial charge on any atom is 0.234 e. The van der Waals surface area contributed by atoms with Gasteiger partial charge in [0.25, 0.3) is 0 Å². The summed E-state index contributed by atoms with van der Waals surface area (Å²) in [6.45, 7) is 1.48. The highest BCUT2D eigenvalue weighted by atomic mass is 79.9. The van der Waals surface area contributed by atoms with Gasteiger partial charge in [0, 0.05) is 16.4 Å². The van der Waals surface area contributed by atoms with Gasteiger partial charge < -0.3 is 19.9 Å². The largest absolute Gasteiger partial charge is 0.497 e. The first-order valence-corrected chi connectivity index (χ1v) is 10.6. The lowest BCUT2D eigenvalue weighted by atomic mass is 9.96. The van der Waals surface area contributed by atoms with Crippen molar-refractivity contribution in [1.29, 1.82) is 0 Å². The van der Waals surface area contributed by atoms with E-state index >= 15 is 0 Å². The zero-order chi connectivity index (χ0) is 21.4. The second kappa shape index (κ2) is 8.32. The van der Waals surface area contributed by atoms with Crippen molar-refractivity contribution in [3.63, 3.8) is 0 Å². The highest BCUT2D eigenvalue weighted by Crippen LogP contribution is 2.43. The highest BCUT2D eigenvalue weighted by Gasteiger charge is 2.30. The number of amides is 1. The molecule has 1 saturated heterocycles. The van der Waals surface area contributed by atoms with Crippen LogP contribution < -0.4 is 19.9 Å². The number of likely N-dealkylation sites (tertiary alicyclic amines) is 1. The molecule has 1 aliphatic rings. The molecule has 2 N–H and O–H groups in total. The molecule has 30 heavy (non-hydrogen) atoms. The molecule has 6 nitrogen and oxygen atoms in total. The van der Waals surface area contributed by atoms with Gasteiger partial charge in [-0.1, -0.05) is 6.07 Å². The fourth-order valence-electron chi connectivity index (χ4n) is 4.40. The van der Waals surface area contributed by atoms with Crippen molar-refractivity contribution >= 4 is 43.4 Å². The molecule has 0 radical (unpaired) electrons. The third-order valence-electron chi connectivity index (χ3n) is 5.92. The van der Waals surface area contributed by atoms with Gasteiger partial charge in [-0.05, 0) is 81.3 Å². The Morgan fingerprint density at radius 3 is 2.33 bits per heavy atom. The summed E-state index contributed by atoms with van der Waals surface area (Å²) in [6, 6.07) is 9.81. The molecule has 1 fully saturated rings. The van der Waals surface area contributed by atoms with Crippen molar-refractivity contribution in [3.05, 3.63) is 40.4 Å². The van der Waals surface area contributed by atoms with Crippen molar-refractivity contribution in [1.82, 2.24) is 4.90 Å². The van der Waals surface area contributed by atoms with Crippen molar-refractivity contribution in [2.24, 2.45) is 5.73 Å². The topological polar surface area (TPSA) is 74.0 Å². The molecule has 0 aromatic heterocycles. The average Bonchev–Trinajstić information content (AvgIpc) is 3.23. The number of primary amides is 1. The highest BCUT2D eigenvalue weighted by molar-refractivity contribution is 9.10. The van der Waals surface area contributed by atoms with Gasteiger partial charge in [-0.3, -0.25) is 9.69 Å². The van der Waals surface area contributed by atoms with Gasteiger partial charge in [0.15, 0.2) is 11.5 Å². The smallest absolute Gasteiger partial charge is 0.234 e. The number of nitrogens with zero attached hydrogens (tertiary/aromatic N) is 1. The number of carbonyl (C=O) groups excluding carboxylic acids is 1. The number of hydrogen-bond acceptors (Lipinski definition) is 5. The summed E-state index contributed by atoms with van der Waals surface area (Å²) in [4.78, 5) is 14.1. The molecule has 1 atom stereocenters. The maximum absolute atomic E-state index is 11.9. The minimum absolute atomic E-state index is 0.230. The summed E-state index contributed by atoms with van der Waals surface area (Å²) in [5, 5.41) is 4.19. The van der Waals surface area contributed by atoms with Gasteiger partial charge in [-0.15, -0.1) is 0 Å². The standard InChI is InChI=1S/C23H25BrN2O4/c1-28-13-6-7-14-15(9-13)16-10-20(29-2)21(30-3)11-17(16)22(24)18(14)12-26-8-4-5-19(26)23(25)27/h6-7,9-11,19H,4-5,8,12H2,1-3H3,(H2,25,27)/t19-/m0/s1. The predicted molar refractivity (Wildman–Crippen MR) is 121 cm³/mol. The Morgan fingerprint density at radius 2 is 1.70 bits per heavy atom. The molecular weight excluding hydrogens is 448 g/mol. The lowest BCUT2D eigenvalue weighted by Gasteiger charge is -2.24. The molecule has 0 unspecified atom stereocenters. The van der Waals surface area contributed by atoms with Crippen LogP contribution in [-0.4, -0.2) is 44.7 Å². The summed E-state index contributed by atoms with van der Waals surface area (Å²) in [5.41, 5.74) is 6.76. The van der Waals surface area contributed by atoms with E-state index in [1.807, 2.05) is 24.3 Å². The van der Waals surface area contributed by atoms with Crippen molar-refractivity contribution in [2.75, 3.05) is 27.9 Å². The number of nitrogens with two attached hydrogens (primary N) is 1. The van der Waals surface area contributed by atoms with Gasteiger partial charge in [-0.2, -0.15) is 0 Å². The van der Waals surface area contributed by atoms with E-state index in [9.17, 15) is 4.79 Å². The molecule has 0 aliphatic carbocycles. The molecule has 0 spiro atoms. The summed E-state index contributed by atoms with van der Waals surface area (Å²) in [5.74, 6) is 1.85. The number of carbonyl (C=O) groups is 1. The number of fused-ring (bicyclic) bond motifs is 3. The summed E-state index contributed by atoms with van der Waals surface area (Å²) < 4.78 is 17.5. The van der Waals surface area contributed by atoms with Crippen LogP contribution in [0.25, 0.3) is 21.5 Å². The van der Waals surface area contributed by atoms with E-state index in [-0.39, 0.29) is 11.9 Å². The minimum atomic E-state index is -0.262. The van der Waals surface area contributed by atoms with Crippen LogP contribution in [0.4, 0.5) is 0 Å². The Morgan fingerprint density at radius 1 is 1.03 bits per heavy atom. The first kappa shape index (κ1) is 20.8. The summed E-state index contributed by atoms with van der Waals surface area (Å²) in [6.07, 6.45) is 1.77. The van der Waals surface area contributed by atoms with Gasteiger partial charge in [-0.25, -0.2) is 0 Å². The Bertz CT molecular complexity index is 1130. The van der Waals surface area contributed by atoms with Crippen LogP contribution >= 0.6 is 15.9 Å². The van der Waals surface area contributed by atoms with Gasteiger partial charge in [0.1, 0.15) is 5.75 Å². The van der Waals surface area contributed by atoms with E-state index in [2.05, 4.69) is 26.9 Å². The van der Waals surface area contributed by atoms with Crippen LogP contribution in [0.3, 0.4) is 0 Å². The molecule has 158 valence electrons. The molecule has 3 aromatic rings. The van der Waals surface area contributed by atoms with E-state index < -0.39 is 0 Å². The molecule has 1 aliphatic heterocycles. The first-order valence-electron chi connectivity index (χ1n) is 9.85. The SMILES string of the molecule is COc1ccc2c(CN3CCC[C@H]3C(N)=O)c(Br)c3cc(OC)c(OC)cc3c2c1. The average molecular weight is 473 g/mol. The van der Waals surface area contributed by atoms with Gasteiger partial charge >= 0.3 is 0 Å². The van der Waals surface area contributed by atoms with E-state index in [0.29, 0.717) is 18.0 Å². The van der Waals surface area contributed by atoms with Crippen LogP contribution in [0.15, 0.2) is 34.8 Å². The number of benzene rings is 3. The first-order chi connectivity index (χ1) is 14.5. The second-order valence-corrected chi connectivity index (χ2v) is 8.28. The number of hydrogen-bond donors (Lipinski definition) is 1.